The number of para-hydroxylation sites is 1. The number of amides is 3. The summed E-state index contributed by atoms with van der Waals surface area (Å²) in [6, 6.07) is 14.8. The average Bonchev–Trinajstić information content (AvgIpc) is 3.52. The van der Waals surface area contributed by atoms with Crippen LogP contribution in [0.25, 0.3) is 0 Å². The van der Waals surface area contributed by atoms with Crippen molar-refractivity contribution in [2.24, 2.45) is 17.8 Å². The molecule has 3 aliphatic rings. The minimum Gasteiger partial charge on any atom is -0.396 e. The van der Waals surface area contributed by atoms with Gasteiger partial charge in [-0.3, -0.25) is 14.4 Å². The first-order valence-corrected chi connectivity index (χ1v) is 16.1. The smallest absolute Gasteiger partial charge is 0.253 e. The number of ether oxygens (including phenoxy) is 1. The summed E-state index contributed by atoms with van der Waals surface area (Å²) in [7, 11) is 0. The van der Waals surface area contributed by atoms with E-state index in [2.05, 4.69) is 20.1 Å². The van der Waals surface area contributed by atoms with Crippen LogP contribution in [0.15, 0.2) is 73.8 Å². The summed E-state index contributed by atoms with van der Waals surface area (Å²) in [6.07, 6.45) is 4.92. The number of aliphatic hydroxyl groups excluding tert-OH is 1. The number of hydrogen-bond acceptors (Lipinski definition) is 5. The third kappa shape index (κ3) is 5.42. The van der Waals surface area contributed by atoms with Gasteiger partial charge in [-0.25, -0.2) is 0 Å². The Morgan fingerprint density at radius 3 is 2.31 bits per heavy atom. The SMILES string of the molecule is C=CCN(Cc1ccccc1)C(=O)[C@@H]1[C@H]2C(=O)N(CCCCO)C(C(=O)N(CC=C)c3c(C)cccc3C)C23CC(C)[C@@]1(C)O3. The summed E-state index contributed by atoms with van der Waals surface area (Å²) >= 11 is 0. The standard InChI is InChI=1S/C37H47N3O5/c1-7-19-38(24-28-17-10-9-11-18-28)33(42)29-30-34(43)40(21-12-13-22-41)32(37(30)23-27(5)36(29,6)45-37)35(44)39(20-8-2)31-25(3)15-14-16-26(31)4/h7-11,14-18,27,29-30,32,41H,1-2,12-13,19-24H2,3-6H3/t27?,29-,30-,32?,36+,37?/m0/s1. The number of hydrogen-bond donors (Lipinski definition) is 1. The lowest BCUT2D eigenvalue weighted by atomic mass is 9.62. The van der Waals surface area contributed by atoms with Crippen molar-refractivity contribution >= 4 is 23.4 Å². The predicted molar refractivity (Wildman–Crippen MR) is 175 cm³/mol. The van der Waals surface area contributed by atoms with Gasteiger partial charge in [0.15, 0.2) is 0 Å². The molecule has 3 aliphatic heterocycles. The van der Waals surface area contributed by atoms with Gasteiger partial charge in [-0.1, -0.05) is 67.6 Å². The topological polar surface area (TPSA) is 90.4 Å². The van der Waals surface area contributed by atoms with Gasteiger partial charge in [-0.2, -0.15) is 0 Å². The zero-order chi connectivity index (χ0) is 32.5. The molecule has 3 amide bonds. The van der Waals surface area contributed by atoms with Crippen LogP contribution < -0.4 is 4.90 Å². The first-order valence-electron chi connectivity index (χ1n) is 16.1. The summed E-state index contributed by atoms with van der Waals surface area (Å²) in [6.45, 7) is 17.0. The lowest BCUT2D eigenvalue weighted by Crippen LogP contribution is -2.57. The summed E-state index contributed by atoms with van der Waals surface area (Å²) in [5.41, 5.74) is 1.58. The first kappa shape index (κ1) is 32.6. The normalized spacial score (nSPS) is 28.2. The number of nitrogens with zero attached hydrogens (tertiary/aromatic N) is 3. The lowest BCUT2D eigenvalue weighted by molar-refractivity contribution is -0.151. The van der Waals surface area contributed by atoms with Gasteiger partial charge in [-0.15, -0.1) is 13.2 Å². The highest BCUT2D eigenvalue weighted by Crippen LogP contribution is 2.65. The number of carbonyl (C=O) groups is 3. The van der Waals surface area contributed by atoms with E-state index in [0.29, 0.717) is 38.9 Å². The number of likely N-dealkylation sites (tertiary alicyclic amines) is 1. The van der Waals surface area contributed by atoms with Gasteiger partial charge in [0.05, 0.1) is 17.4 Å². The Bertz CT molecular complexity index is 1440. The third-order valence-electron chi connectivity index (χ3n) is 10.3. The number of carbonyl (C=O) groups excluding carboxylic acids is 3. The maximum atomic E-state index is 15.0. The minimum absolute atomic E-state index is 0.0110. The maximum absolute atomic E-state index is 15.0. The van der Waals surface area contributed by atoms with E-state index in [1.807, 2.05) is 69.3 Å². The number of unbranched alkanes of at least 4 members (excludes halogenated alkanes) is 1. The van der Waals surface area contributed by atoms with Crippen LogP contribution in [0.1, 0.15) is 49.8 Å². The molecule has 3 heterocycles. The molecule has 1 spiro atoms. The molecule has 3 saturated heterocycles. The average molecular weight is 614 g/mol. The van der Waals surface area contributed by atoms with Gasteiger partial charge in [0.2, 0.25) is 11.8 Å². The third-order valence-corrected chi connectivity index (χ3v) is 10.3. The van der Waals surface area contributed by atoms with Crippen LogP contribution >= 0.6 is 0 Å². The molecule has 3 fully saturated rings. The predicted octanol–water partition coefficient (Wildman–Crippen LogP) is 4.82. The monoisotopic (exact) mass is 613 g/mol. The quantitative estimate of drug-likeness (QED) is 0.259. The van der Waals surface area contributed by atoms with Crippen molar-refractivity contribution in [2.75, 3.05) is 31.1 Å². The van der Waals surface area contributed by atoms with E-state index in [1.165, 1.54) is 0 Å². The number of aryl methyl sites for hydroxylation is 2. The molecule has 8 nitrogen and oxygen atoms in total. The molecular weight excluding hydrogens is 566 g/mol. The Labute approximate surface area is 267 Å². The molecule has 3 unspecified atom stereocenters. The Hall–Kier alpha value is -3.75. The van der Waals surface area contributed by atoms with E-state index >= 15 is 0 Å². The highest BCUT2D eigenvalue weighted by atomic mass is 16.5. The second-order valence-corrected chi connectivity index (χ2v) is 13.1. The van der Waals surface area contributed by atoms with Crippen molar-refractivity contribution in [3.63, 3.8) is 0 Å². The molecule has 0 radical (unpaired) electrons. The number of aliphatic hydroxyl groups is 1. The van der Waals surface area contributed by atoms with Crippen molar-refractivity contribution in [3.8, 4) is 0 Å². The maximum Gasteiger partial charge on any atom is 0.253 e. The van der Waals surface area contributed by atoms with Gasteiger partial charge in [0.25, 0.3) is 5.91 Å². The molecule has 8 heteroatoms. The van der Waals surface area contributed by atoms with Gasteiger partial charge in [0, 0.05) is 38.5 Å². The zero-order valence-electron chi connectivity index (χ0n) is 27.1. The molecule has 6 atom stereocenters. The van der Waals surface area contributed by atoms with Crippen molar-refractivity contribution in [1.29, 1.82) is 0 Å². The highest BCUT2D eigenvalue weighted by molar-refractivity contribution is 6.05. The van der Waals surface area contributed by atoms with E-state index in [-0.39, 0.29) is 36.8 Å². The van der Waals surface area contributed by atoms with E-state index < -0.39 is 29.1 Å². The number of rotatable bonds is 13. The number of benzene rings is 2. The fourth-order valence-electron chi connectivity index (χ4n) is 8.22. The summed E-state index contributed by atoms with van der Waals surface area (Å²) in [4.78, 5) is 49.4. The van der Waals surface area contributed by atoms with Crippen LogP contribution in [-0.4, -0.2) is 76.1 Å². The van der Waals surface area contributed by atoms with Crippen molar-refractivity contribution in [2.45, 2.75) is 70.7 Å². The lowest BCUT2D eigenvalue weighted by Gasteiger charge is -2.39. The Kier molecular flexibility index (Phi) is 9.38. The molecule has 2 aromatic carbocycles. The molecule has 2 aromatic rings. The molecule has 0 aliphatic carbocycles. The van der Waals surface area contributed by atoms with E-state index in [0.717, 1.165) is 22.4 Å². The van der Waals surface area contributed by atoms with Gasteiger partial charge < -0.3 is 24.5 Å². The molecule has 240 valence electrons. The van der Waals surface area contributed by atoms with E-state index in [9.17, 15) is 19.5 Å². The fourth-order valence-corrected chi connectivity index (χ4v) is 8.22. The fraction of sp³-hybridized carbons (Fsp3) is 0.486. The molecular formula is C37H47N3O5. The summed E-state index contributed by atoms with van der Waals surface area (Å²) in [5, 5.41) is 9.56. The van der Waals surface area contributed by atoms with Crippen molar-refractivity contribution in [3.05, 3.63) is 90.5 Å². The summed E-state index contributed by atoms with van der Waals surface area (Å²) in [5.74, 6) is -2.25. The van der Waals surface area contributed by atoms with Crippen molar-refractivity contribution < 1.29 is 24.2 Å². The number of anilines is 1. The highest BCUT2D eigenvalue weighted by Gasteiger charge is 2.80. The van der Waals surface area contributed by atoms with Crippen LogP contribution in [-0.2, 0) is 25.7 Å². The summed E-state index contributed by atoms with van der Waals surface area (Å²) < 4.78 is 7.00. The zero-order valence-corrected chi connectivity index (χ0v) is 27.1. The van der Waals surface area contributed by atoms with Crippen LogP contribution in [0.5, 0.6) is 0 Å². The molecule has 5 rings (SSSR count). The second-order valence-electron chi connectivity index (χ2n) is 13.1. The molecule has 45 heavy (non-hydrogen) atoms. The molecule has 0 aromatic heterocycles. The van der Waals surface area contributed by atoms with Gasteiger partial charge in [-0.05, 0) is 62.6 Å². The van der Waals surface area contributed by atoms with Crippen LogP contribution in [0.3, 0.4) is 0 Å². The van der Waals surface area contributed by atoms with Crippen LogP contribution in [0.2, 0.25) is 0 Å². The minimum atomic E-state index is -1.16. The largest absolute Gasteiger partial charge is 0.396 e. The van der Waals surface area contributed by atoms with E-state index in [4.69, 9.17) is 4.74 Å². The molecule has 1 N–H and O–H groups in total. The Morgan fingerprint density at radius 1 is 1.02 bits per heavy atom. The van der Waals surface area contributed by atoms with E-state index in [1.54, 1.807) is 26.9 Å². The van der Waals surface area contributed by atoms with Crippen LogP contribution in [0, 0.1) is 31.6 Å². The second kappa shape index (κ2) is 12.9. The number of fused-ring (bicyclic) bond motifs is 1. The Balaban J connectivity index is 1.60. The Morgan fingerprint density at radius 2 is 1.69 bits per heavy atom. The van der Waals surface area contributed by atoms with Gasteiger partial charge in [0.1, 0.15) is 11.6 Å². The van der Waals surface area contributed by atoms with Gasteiger partial charge >= 0.3 is 0 Å². The molecule has 2 bridgehead atoms. The first-order chi connectivity index (χ1) is 21.5. The van der Waals surface area contributed by atoms with Crippen LogP contribution in [0.4, 0.5) is 5.69 Å². The van der Waals surface area contributed by atoms with Crippen molar-refractivity contribution in [1.82, 2.24) is 9.80 Å². The molecule has 0 saturated carbocycles.